The Kier molecular flexibility index (Phi) is 5.29. The second-order valence-electron chi connectivity index (χ2n) is 6.66. The van der Waals surface area contributed by atoms with E-state index in [9.17, 15) is 9.59 Å². The van der Waals surface area contributed by atoms with Gasteiger partial charge in [-0.15, -0.1) is 0 Å². The molecular formula is C21H24N2O2. The molecule has 130 valence electrons. The van der Waals surface area contributed by atoms with Gasteiger partial charge in [0.05, 0.1) is 6.54 Å². The number of ketones is 1. The monoisotopic (exact) mass is 336 g/mol. The van der Waals surface area contributed by atoms with Crippen molar-refractivity contribution in [2.24, 2.45) is 0 Å². The average molecular weight is 336 g/mol. The highest BCUT2D eigenvalue weighted by atomic mass is 16.2. The molecule has 4 heteroatoms. The molecule has 1 aliphatic rings. The largest absolute Gasteiger partial charge is 0.336 e. The number of benzene rings is 2. The summed E-state index contributed by atoms with van der Waals surface area (Å²) in [7, 11) is 0. The van der Waals surface area contributed by atoms with E-state index in [1.54, 1.807) is 0 Å². The molecule has 1 fully saturated rings. The molecule has 0 unspecified atom stereocenters. The molecule has 1 saturated heterocycles. The molecule has 1 heterocycles. The van der Waals surface area contributed by atoms with E-state index >= 15 is 0 Å². The van der Waals surface area contributed by atoms with Gasteiger partial charge in [0.25, 0.3) is 5.91 Å². The van der Waals surface area contributed by atoms with Crippen LogP contribution in [0, 0.1) is 13.8 Å². The van der Waals surface area contributed by atoms with Gasteiger partial charge in [-0.1, -0.05) is 30.3 Å². The Morgan fingerprint density at radius 3 is 2.16 bits per heavy atom. The molecule has 0 N–H and O–H groups in total. The first-order chi connectivity index (χ1) is 12.0. The number of piperazine rings is 1. The SMILES string of the molecule is Cc1ccc(C(=O)CN2CCN(C(=O)c3ccccc3)CC2)cc1C. The predicted molar refractivity (Wildman–Crippen MR) is 99.0 cm³/mol. The van der Waals surface area contributed by atoms with Crippen LogP contribution in [0.3, 0.4) is 0 Å². The Bertz CT molecular complexity index is 763. The predicted octanol–water partition coefficient (Wildman–Crippen LogP) is 2.94. The number of aryl methyl sites for hydroxylation is 2. The third-order valence-corrected chi connectivity index (χ3v) is 4.88. The van der Waals surface area contributed by atoms with Crippen LogP contribution in [0.4, 0.5) is 0 Å². The van der Waals surface area contributed by atoms with E-state index in [4.69, 9.17) is 0 Å². The maximum atomic E-state index is 12.5. The highest BCUT2D eigenvalue weighted by molar-refractivity contribution is 5.98. The van der Waals surface area contributed by atoms with E-state index in [1.807, 2.05) is 67.3 Å². The summed E-state index contributed by atoms with van der Waals surface area (Å²) in [5.74, 6) is 0.215. The van der Waals surface area contributed by atoms with Crippen molar-refractivity contribution >= 4 is 11.7 Å². The molecule has 2 aromatic rings. The Morgan fingerprint density at radius 2 is 1.52 bits per heavy atom. The summed E-state index contributed by atoms with van der Waals surface area (Å²) in [5, 5.41) is 0. The summed E-state index contributed by atoms with van der Waals surface area (Å²) >= 11 is 0. The summed E-state index contributed by atoms with van der Waals surface area (Å²) in [6.07, 6.45) is 0. The summed E-state index contributed by atoms with van der Waals surface area (Å²) < 4.78 is 0. The summed E-state index contributed by atoms with van der Waals surface area (Å²) in [6, 6.07) is 15.2. The van der Waals surface area contributed by atoms with Crippen LogP contribution < -0.4 is 0 Å². The highest BCUT2D eigenvalue weighted by Gasteiger charge is 2.23. The standard InChI is InChI=1S/C21H24N2O2/c1-16-8-9-19(14-17(16)2)20(24)15-22-10-12-23(13-11-22)21(25)18-6-4-3-5-7-18/h3-9,14H,10-13,15H2,1-2H3. The minimum Gasteiger partial charge on any atom is -0.336 e. The Balaban J connectivity index is 1.54. The zero-order valence-electron chi connectivity index (χ0n) is 14.9. The van der Waals surface area contributed by atoms with Gasteiger partial charge in [0.1, 0.15) is 0 Å². The molecule has 0 aliphatic carbocycles. The third-order valence-electron chi connectivity index (χ3n) is 4.88. The number of carbonyl (C=O) groups is 2. The smallest absolute Gasteiger partial charge is 0.253 e. The van der Waals surface area contributed by atoms with Gasteiger partial charge in [-0.2, -0.15) is 0 Å². The van der Waals surface area contributed by atoms with Gasteiger partial charge in [0, 0.05) is 37.3 Å². The first-order valence-electron chi connectivity index (χ1n) is 8.72. The van der Waals surface area contributed by atoms with Gasteiger partial charge in [0.15, 0.2) is 5.78 Å². The molecule has 4 nitrogen and oxygen atoms in total. The second kappa shape index (κ2) is 7.62. The summed E-state index contributed by atoms with van der Waals surface area (Å²) in [6.45, 7) is 7.27. The van der Waals surface area contributed by atoms with E-state index in [1.165, 1.54) is 5.56 Å². The molecule has 0 spiro atoms. The van der Waals surface area contributed by atoms with E-state index < -0.39 is 0 Å². The maximum absolute atomic E-state index is 12.5. The lowest BCUT2D eigenvalue weighted by Crippen LogP contribution is -2.49. The van der Waals surface area contributed by atoms with E-state index in [2.05, 4.69) is 4.90 Å². The Hall–Kier alpha value is -2.46. The van der Waals surface area contributed by atoms with Crippen LogP contribution in [0.25, 0.3) is 0 Å². The fourth-order valence-electron chi connectivity index (χ4n) is 3.08. The van der Waals surface area contributed by atoms with Crippen molar-refractivity contribution in [3.8, 4) is 0 Å². The average Bonchev–Trinajstić information content (AvgIpc) is 2.64. The maximum Gasteiger partial charge on any atom is 0.253 e. The lowest BCUT2D eigenvalue weighted by atomic mass is 10.0. The first-order valence-corrected chi connectivity index (χ1v) is 8.72. The molecular weight excluding hydrogens is 312 g/mol. The van der Waals surface area contributed by atoms with Crippen molar-refractivity contribution in [3.05, 3.63) is 70.8 Å². The lowest BCUT2D eigenvalue weighted by Gasteiger charge is -2.34. The topological polar surface area (TPSA) is 40.6 Å². The molecule has 0 saturated carbocycles. The fraction of sp³-hybridized carbons (Fsp3) is 0.333. The van der Waals surface area contributed by atoms with Crippen LogP contribution in [0.1, 0.15) is 31.8 Å². The fourth-order valence-corrected chi connectivity index (χ4v) is 3.08. The van der Waals surface area contributed by atoms with Crippen LogP contribution >= 0.6 is 0 Å². The number of hydrogen-bond acceptors (Lipinski definition) is 3. The van der Waals surface area contributed by atoms with Gasteiger partial charge in [-0.05, 0) is 43.2 Å². The van der Waals surface area contributed by atoms with E-state index in [-0.39, 0.29) is 11.7 Å². The molecule has 1 aliphatic heterocycles. The highest BCUT2D eigenvalue weighted by Crippen LogP contribution is 2.13. The van der Waals surface area contributed by atoms with Crippen molar-refractivity contribution in [2.45, 2.75) is 13.8 Å². The van der Waals surface area contributed by atoms with Crippen LogP contribution in [-0.4, -0.2) is 54.2 Å². The van der Waals surface area contributed by atoms with Crippen molar-refractivity contribution in [2.75, 3.05) is 32.7 Å². The van der Waals surface area contributed by atoms with Crippen LogP contribution in [0.5, 0.6) is 0 Å². The van der Waals surface area contributed by atoms with Gasteiger partial charge in [-0.25, -0.2) is 0 Å². The molecule has 0 aromatic heterocycles. The van der Waals surface area contributed by atoms with Crippen LogP contribution in [0.2, 0.25) is 0 Å². The minimum absolute atomic E-state index is 0.0701. The number of hydrogen-bond donors (Lipinski definition) is 0. The number of rotatable bonds is 4. The summed E-state index contributed by atoms with van der Waals surface area (Å²) in [4.78, 5) is 28.9. The molecule has 3 rings (SSSR count). The Morgan fingerprint density at radius 1 is 0.840 bits per heavy atom. The second-order valence-corrected chi connectivity index (χ2v) is 6.66. The molecule has 1 amide bonds. The molecule has 0 radical (unpaired) electrons. The first kappa shape index (κ1) is 17.4. The van der Waals surface area contributed by atoms with Crippen LogP contribution in [-0.2, 0) is 0 Å². The number of nitrogens with zero attached hydrogens (tertiary/aromatic N) is 2. The van der Waals surface area contributed by atoms with Crippen LogP contribution in [0.15, 0.2) is 48.5 Å². The van der Waals surface area contributed by atoms with Gasteiger partial charge >= 0.3 is 0 Å². The van der Waals surface area contributed by atoms with Gasteiger partial charge in [-0.3, -0.25) is 14.5 Å². The molecule has 0 bridgehead atoms. The van der Waals surface area contributed by atoms with Crippen molar-refractivity contribution in [1.82, 2.24) is 9.80 Å². The lowest BCUT2D eigenvalue weighted by molar-refractivity contribution is 0.0624. The Labute approximate surface area is 149 Å². The number of amides is 1. The number of Topliss-reactive ketones (excluding diaryl/α,β-unsaturated/α-hetero) is 1. The van der Waals surface area contributed by atoms with E-state index in [0.29, 0.717) is 19.6 Å². The normalized spacial score (nSPS) is 15.2. The zero-order valence-corrected chi connectivity index (χ0v) is 14.9. The molecule has 2 aromatic carbocycles. The zero-order chi connectivity index (χ0) is 17.8. The number of carbonyl (C=O) groups excluding carboxylic acids is 2. The molecule has 0 atom stereocenters. The van der Waals surface area contributed by atoms with Crippen molar-refractivity contribution in [3.63, 3.8) is 0 Å². The minimum atomic E-state index is 0.0701. The van der Waals surface area contributed by atoms with Crippen molar-refractivity contribution in [1.29, 1.82) is 0 Å². The summed E-state index contributed by atoms with van der Waals surface area (Å²) in [5.41, 5.74) is 3.83. The van der Waals surface area contributed by atoms with E-state index in [0.717, 1.165) is 29.8 Å². The van der Waals surface area contributed by atoms with Gasteiger partial charge in [0.2, 0.25) is 0 Å². The van der Waals surface area contributed by atoms with Crippen molar-refractivity contribution < 1.29 is 9.59 Å². The molecule has 25 heavy (non-hydrogen) atoms. The van der Waals surface area contributed by atoms with Gasteiger partial charge < -0.3 is 4.90 Å². The quantitative estimate of drug-likeness (QED) is 0.806. The third kappa shape index (κ3) is 4.15.